The Bertz CT molecular complexity index is 638. The van der Waals surface area contributed by atoms with Crippen molar-refractivity contribution in [2.75, 3.05) is 6.54 Å². The molecule has 4 atom stereocenters. The van der Waals surface area contributed by atoms with Crippen LogP contribution in [-0.2, 0) is 14.7 Å². The van der Waals surface area contributed by atoms with Crippen LogP contribution in [0.25, 0.3) is 0 Å². The second-order valence-electron chi connectivity index (χ2n) is 6.62. The lowest BCUT2D eigenvalue weighted by Crippen LogP contribution is -2.54. The average molecular weight is 394 g/mol. The van der Waals surface area contributed by atoms with Crippen LogP contribution in [0, 0.1) is 11.8 Å². The summed E-state index contributed by atoms with van der Waals surface area (Å²) < 4.78 is 35.1. The van der Waals surface area contributed by atoms with Crippen molar-refractivity contribution in [2.24, 2.45) is 28.3 Å². The van der Waals surface area contributed by atoms with Gasteiger partial charge in [-0.3, -0.25) is 4.55 Å². The summed E-state index contributed by atoms with van der Waals surface area (Å²) in [6.45, 7) is 7.39. The minimum absolute atomic E-state index is 0. The van der Waals surface area contributed by atoms with E-state index in [9.17, 15) is 8.42 Å². The van der Waals surface area contributed by atoms with Crippen molar-refractivity contribution in [2.45, 2.75) is 58.7 Å². The summed E-state index contributed by atoms with van der Waals surface area (Å²) in [6.07, 6.45) is 4.98. The van der Waals surface area contributed by atoms with Crippen molar-refractivity contribution in [1.82, 2.24) is 9.96 Å². The predicted octanol–water partition coefficient (Wildman–Crippen LogP) is 0.189. The van der Waals surface area contributed by atoms with Gasteiger partial charge in [0.2, 0.25) is 5.96 Å². The molecule has 1 fully saturated rings. The average Bonchev–Trinajstić information content (AvgIpc) is 2.55. The Kier molecular flexibility index (Phi) is 7.84. The minimum Gasteiger partial charge on any atom is -0.412 e. The van der Waals surface area contributed by atoms with E-state index in [-0.39, 0.29) is 11.4 Å². The Morgan fingerprint density at radius 3 is 2.42 bits per heavy atom. The Hall–Kier alpha value is -1.40. The number of piperidine rings is 1. The fraction of sp³-hybridized carbons (Fsp3) is 0.800. The van der Waals surface area contributed by atoms with Crippen molar-refractivity contribution < 1.29 is 22.7 Å². The fourth-order valence-electron chi connectivity index (χ4n) is 3.81. The first kappa shape index (κ1) is 22.6. The Balaban J connectivity index is 0.00000338. The van der Waals surface area contributed by atoms with Crippen LogP contribution in [0.4, 0.5) is 0 Å². The Morgan fingerprint density at radius 2 is 1.96 bits per heavy atom. The van der Waals surface area contributed by atoms with Crippen LogP contribution in [0.3, 0.4) is 0 Å². The molecule has 10 nitrogen and oxygen atoms in total. The molecule has 0 aromatic carbocycles. The van der Waals surface area contributed by atoms with Crippen LogP contribution in [0.1, 0.15) is 46.5 Å². The molecule has 0 amide bonds. The zero-order chi connectivity index (χ0) is 18.8. The van der Waals surface area contributed by atoms with Gasteiger partial charge in [0.15, 0.2) is 0 Å². The molecule has 0 aromatic heterocycles. The lowest BCUT2D eigenvalue weighted by atomic mass is 9.79. The van der Waals surface area contributed by atoms with E-state index in [1.807, 2.05) is 0 Å². The second-order valence-corrected chi connectivity index (χ2v) is 7.62. The smallest absolute Gasteiger partial charge is 0.412 e. The van der Waals surface area contributed by atoms with E-state index in [0.29, 0.717) is 28.8 Å². The zero-order valence-electron chi connectivity index (χ0n) is 15.5. The monoisotopic (exact) mass is 393 g/mol. The number of hydrogen-bond donors (Lipinski definition) is 3. The number of rotatable bonds is 6. The molecular weight excluding hydrogens is 362 g/mol. The number of likely N-dealkylation sites (tertiary alicyclic amines) is 1. The van der Waals surface area contributed by atoms with Crippen molar-refractivity contribution in [3.8, 4) is 0 Å². The highest BCUT2D eigenvalue weighted by Gasteiger charge is 2.37. The molecule has 152 valence electrons. The molecule has 7 N–H and O–H groups in total. The second kappa shape index (κ2) is 9.00. The molecule has 1 saturated heterocycles. The van der Waals surface area contributed by atoms with E-state index in [1.54, 1.807) is 6.08 Å². The van der Waals surface area contributed by atoms with Crippen LogP contribution in [-0.4, -0.2) is 53.1 Å². The van der Waals surface area contributed by atoms with E-state index in [1.165, 1.54) is 6.42 Å². The third-order valence-corrected chi connectivity index (χ3v) is 5.42. The van der Waals surface area contributed by atoms with Gasteiger partial charge in [-0.05, 0) is 30.8 Å². The normalized spacial score (nSPS) is 29.7. The molecule has 0 aromatic rings. The summed E-state index contributed by atoms with van der Waals surface area (Å²) in [6, 6.07) is 0.330. The summed E-state index contributed by atoms with van der Waals surface area (Å²) in [4.78, 5) is 6.51. The van der Waals surface area contributed by atoms with E-state index < -0.39 is 16.6 Å². The Morgan fingerprint density at radius 1 is 1.31 bits per heavy atom. The maximum atomic E-state index is 10.9. The molecule has 2 heterocycles. The summed E-state index contributed by atoms with van der Waals surface area (Å²) in [5, 5.41) is 0.679. The van der Waals surface area contributed by atoms with Crippen LogP contribution in [0.15, 0.2) is 16.9 Å². The van der Waals surface area contributed by atoms with Crippen LogP contribution in [0.2, 0.25) is 0 Å². The first-order chi connectivity index (χ1) is 11.7. The molecule has 11 heteroatoms. The molecule has 4 unspecified atom stereocenters. The van der Waals surface area contributed by atoms with Crippen molar-refractivity contribution in [1.29, 1.82) is 0 Å². The van der Waals surface area contributed by atoms with Gasteiger partial charge in [-0.2, -0.15) is 18.5 Å². The number of guanidine groups is 1. The number of hydrogen-bond acceptors (Lipinski definition) is 8. The van der Waals surface area contributed by atoms with Gasteiger partial charge in [0.05, 0.1) is 0 Å². The zero-order valence-corrected chi connectivity index (χ0v) is 16.3. The van der Waals surface area contributed by atoms with Gasteiger partial charge in [-0.25, -0.2) is 0 Å². The van der Waals surface area contributed by atoms with Crippen LogP contribution in [0.5, 0.6) is 0 Å². The lowest BCUT2D eigenvalue weighted by Gasteiger charge is -2.46. The SMILES string of the molecule is CCC1CC(CC)C(CC)N(C2=CC(N)N(OS(=O)(=O)O)C(N)=N2)C1.O. The van der Waals surface area contributed by atoms with Gasteiger partial charge in [0, 0.05) is 12.6 Å². The molecule has 0 aliphatic carbocycles. The van der Waals surface area contributed by atoms with Gasteiger partial charge in [-0.1, -0.05) is 33.6 Å². The first-order valence-corrected chi connectivity index (χ1v) is 10.1. The van der Waals surface area contributed by atoms with Gasteiger partial charge in [0.25, 0.3) is 0 Å². The highest BCUT2D eigenvalue weighted by atomic mass is 32.3. The van der Waals surface area contributed by atoms with Gasteiger partial charge in [-0.15, -0.1) is 4.28 Å². The number of hydroxylamine groups is 2. The maximum absolute atomic E-state index is 10.9. The van der Waals surface area contributed by atoms with Crippen LogP contribution >= 0.6 is 0 Å². The molecule has 0 saturated carbocycles. The summed E-state index contributed by atoms with van der Waals surface area (Å²) >= 11 is 0. The molecule has 26 heavy (non-hydrogen) atoms. The third-order valence-electron chi connectivity index (χ3n) is 5.07. The molecule has 2 aliphatic heterocycles. The third kappa shape index (κ3) is 5.07. The topological polar surface area (TPSA) is 166 Å². The molecule has 2 rings (SSSR count). The van der Waals surface area contributed by atoms with Gasteiger partial charge in [0.1, 0.15) is 12.0 Å². The van der Waals surface area contributed by atoms with Crippen molar-refractivity contribution >= 4 is 16.4 Å². The number of aliphatic imine (C=N–C) groups is 1. The Labute approximate surface area is 155 Å². The number of nitrogens with two attached hydrogens (primary N) is 2. The molecular formula is C15H31N5O5S. The quantitative estimate of drug-likeness (QED) is 0.538. The number of nitrogens with zero attached hydrogens (tertiary/aromatic N) is 3. The summed E-state index contributed by atoms with van der Waals surface area (Å²) in [7, 11) is -4.73. The minimum atomic E-state index is -4.73. The lowest BCUT2D eigenvalue weighted by molar-refractivity contribution is -0.0151. The molecule has 0 bridgehead atoms. The highest BCUT2D eigenvalue weighted by molar-refractivity contribution is 7.80. The van der Waals surface area contributed by atoms with E-state index in [0.717, 1.165) is 25.8 Å². The van der Waals surface area contributed by atoms with Gasteiger partial charge >= 0.3 is 10.4 Å². The summed E-state index contributed by atoms with van der Waals surface area (Å²) in [5.74, 6) is 1.55. The molecule has 2 aliphatic rings. The van der Waals surface area contributed by atoms with Crippen molar-refractivity contribution in [3.05, 3.63) is 11.9 Å². The molecule has 0 spiro atoms. The summed E-state index contributed by atoms with van der Waals surface area (Å²) in [5.41, 5.74) is 11.8. The van der Waals surface area contributed by atoms with E-state index >= 15 is 0 Å². The first-order valence-electron chi connectivity index (χ1n) is 8.74. The predicted molar refractivity (Wildman–Crippen MR) is 98.7 cm³/mol. The maximum Gasteiger partial charge on any atom is 0.418 e. The molecule has 0 radical (unpaired) electrons. The van der Waals surface area contributed by atoms with Gasteiger partial charge < -0.3 is 21.8 Å². The van der Waals surface area contributed by atoms with E-state index in [4.69, 9.17) is 16.0 Å². The fourth-order valence-corrected chi connectivity index (χ4v) is 4.18. The van der Waals surface area contributed by atoms with Crippen LogP contribution < -0.4 is 11.5 Å². The largest absolute Gasteiger partial charge is 0.418 e. The highest BCUT2D eigenvalue weighted by Crippen LogP contribution is 2.36. The van der Waals surface area contributed by atoms with Crippen molar-refractivity contribution in [3.63, 3.8) is 0 Å². The standard InChI is InChI=1S/C15H29N5O4S.H2O/c1-4-10-7-11(5-2)12(6-3)19(9-10)14-8-13(16)20(15(17)18-14)24-25(21,22)23;/h8,10-13H,4-7,9,16H2,1-3H3,(H2,17,18)(H,21,22,23);1H2. The van der Waals surface area contributed by atoms with E-state index in [2.05, 4.69) is 34.9 Å².